The average Bonchev–Trinajstić information content (AvgIpc) is 2.87. The van der Waals surface area contributed by atoms with E-state index in [0.29, 0.717) is 6.54 Å². The van der Waals surface area contributed by atoms with E-state index in [4.69, 9.17) is 0 Å². The fourth-order valence-corrected chi connectivity index (χ4v) is 4.03. The van der Waals surface area contributed by atoms with Gasteiger partial charge >= 0.3 is 0 Å². The molecule has 0 fully saturated rings. The van der Waals surface area contributed by atoms with Crippen LogP contribution in [0.25, 0.3) is 10.8 Å². The van der Waals surface area contributed by atoms with Crippen molar-refractivity contribution in [3.05, 3.63) is 48.0 Å². The molecule has 2 heterocycles. The van der Waals surface area contributed by atoms with Gasteiger partial charge in [0.15, 0.2) is 0 Å². The SMILES string of the molecule is O=C(CN1CCC[N+]2=C1CCCCC2)c1ccc2ccccc2c1. The normalized spacial score (nSPS) is 18.4. The van der Waals surface area contributed by atoms with Gasteiger partial charge in [-0.1, -0.05) is 36.4 Å². The molecule has 3 nitrogen and oxygen atoms in total. The molecular formula is C21H25N2O+. The Bertz CT molecular complexity index is 793. The number of Topliss-reactive ketones (excluding diaryl/α,β-unsaturated/α-hetero) is 1. The molecular weight excluding hydrogens is 296 g/mol. The summed E-state index contributed by atoms with van der Waals surface area (Å²) < 4.78 is 2.52. The van der Waals surface area contributed by atoms with E-state index in [1.165, 1.54) is 30.5 Å². The first-order valence-electron chi connectivity index (χ1n) is 9.19. The molecule has 0 unspecified atom stereocenters. The lowest BCUT2D eigenvalue weighted by Crippen LogP contribution is -2.46. The van der Waals surface area contributed by atoms with Crippen molar-refractivity contribution < 1.29 is 9.37 Å². The van der Waals surface area contributed by atoms with Crippen molar-refractivity contribution in [1.82, 2.24) is 4.90 Å². The van der Waals surface area contributed by atoms with Gasteiger partial charge in [-0.05, 0) is 36.1 Å². The zero-order chi connectivity index (χ0) is 16.4. The van der Waals surface area contributed by atoms with Crippen LogP contribution in [0.2, 0.25) is 0 Å². The van der Waals surface area contributed by atoms with E-state index in [9.17, 15) is 4.79 Å². The number of hydrogen-bond acceptors (Lipinski definition) is 2. The van der Waals surface area contributed by atoms with Crippen molar-refractivity contribution in [2.45, 2.75) is 32.1 Å². The van der Waals surface area contributed by atoms with E-state index in [2.05, 4.69) is 27.7 Å². The lowest BCUT2D eigenvalue weighted by atomic mass is 10.0. The zero-order valence-electron chi connectivity index (χ0n) is 14.2. The van der Waals surface area contributed by atoms with Gasteiger partial charge in [-0.3, -0.25) is 14.3 Å². The van der Waals surface area contributed by atoms with E-state index in [-0.39, 0.29) is 5.78 Å². The van der Waals surface area contributed by atoms with Crippen LogP contribution in [0, 0.1) is 0 Å². The Labute approximate surface area is 143 Å². The number of nitrogens with zero attached hydrogens (tertiary/aromatic N) is 2. The molecule has 0 aromatic heterocycles. The van der Waals surface area contributed by atoms with Crippen molar-refractivity contribution in [2.24, 2.45) is 0 Å². The second-order valence-corrected chi connectivity index (χ2v) is 6.97. The van der Waals surface area contributed by atoms with Crippen molar-refractivity contribution in [2.75, 3.05) is 26.2 Å². The highest BCUT2D eigenvalue weighted by Gasteiger charge is 2.30. The van der Waals surface area contributed by atoms with E-state index in [1.807, 2.05) is 24.3 Å². The number of rotatable bonds is 3. The van der Waals surface area contributed by atoms with Crippen LogP contribution < -0.4 is 0 Å². The highest BCUT2D eigenvalue weighted by atomic mass is 16.1. The standard InChI is InChI=1S/C21H25N2O/c24-20(19-11-10-17-7-3-4-8-18(17)15-19)16-23-14-6-13-22-12-5-1-2-9-21(22)23/h3-4,7-8,10-11,15H,1-2,5-6,9,12-14,16H2/q+1. The number of ketones is 1. The molecule has 0 saturated carbocycles. The van der Waals surface area contributed by atoms with Crippen LogP contribution in [-0.2, 0) is 0 Å². The Morgan fingerprint density at radius 3 is 2.71 bits per heavy atom. The van der Waals surface area contributed by atoms with Crippen molar-refractivity contribution in [3.63, 3.8) is 0 Å². The molecule has 0 bridgehead atoms. The largest absolute Gasteiger partial charge is 0.290 e. The van der Waals surface area contributed by atoms with Gasteiger partial charge in [0.25, 0.3) is 0 Å². The van der Waals surface area contributed by atoms with Crippen molar-refractivity contribution >= 4 is 22.4 Å². The molecule has 0 N–H and O–H groups in total. The van der Waals surface area contributed by atoms with Gasteiger partial charge in [0.2, 0.25) is 11.6 Å². The van der Waals surface area contributed by atoms with Crippen LogP contribution in [0.1, 0.15) is 42.5 Å². The van der Waals surface area contributed by atoms with Crippen LogP contribution in [-0.4, -0.2) is 47.3 Å². The van der Waals surface area contributed by atoms with Crippen molar-refractivity contribution in [1.29, 1.82) is 0 Å². The summed E-state index contributed by atoms with van der Waals surface area (Å²) in [6.07, 6.45) is 6.15. The van der Waals surface area contributed by atoms with E-state index >= 15 is 0 Å². The summed E-state index contributed by atoms with van der Waals surface area (Å²) in [6.45, 7) is 3.86. The summed E-state index contributed by atoms with van der Waals surface area (Å²) in [4.78, 5) is 15.2. The van der Waals surface area contributed by atoms with E-state index < -0.39 is 0 Å². The van der Waals surface area contributed by atoms with Crippen LogP contribution >= 0.6 is 0 Å². The Morgan fingerprint density at radius 1 is 0.958 bits per heavy atom. The highest BCUT2D eigenvalue weighted by molar-refractivity contribution is 6.02. The second kappa shape index (κ2) is 6.76. The van der Waals surface area contributed by atoms with E-state index in [1.54, 1.807) is 0 Å². The van der Waals surface area contributed by atoms with E-state index in [0.717, 1.165) is 43.4 Å². The molecule has 2 aromatic carbocycles. The summed E-state index contributed by atoms with van der Waals surface area (Å²) in [7, 11) is 0. The van der Waals surface area contributed by atoms with Gasteiger partial charge in [-0.25, -0.2) is 0 Å². The minimum absolute atomic E-state index is 0.236. The molecule has 124 valence electrons. The molecule has 0 aliphatic carbocycles. The maximum atomic E-state index is 12.8. The van der Waals surface area contributed by atoms with Gasteiger partial charge < -0.3 is 0 Å². The minimum atomic E-state index is 0.236. The molecule has 2 aliphatic heterocycles. The average molecular weight is 321 g/mol. The maximum Gasteiger partial charge on any atom is 0.247 e. The third kappa shape index (κ3) is 3.08. The Morgan fingerprint density at radius 2 is 1.79 bits per heavy atom. The predicted octanol–water partition coefficient (Wildman–Crippen LogP) is 3.71. The first kappa shape index (κ1) is 15.4. The number of fused-ring (bicyclic) bond motifs is 1. The molecule has 0 radical (unpaired) electrons. The third-order valence-electron chi connectivity index (χ3n) is 5.32. The van der Waals surface area contributed by atoms with Crippen LogP contribution in [0.3, 0.4) is 0 Å². The first-order valence-corrected chi connectivity index (χ1v) is 9.19. The number of benzene rings is 2. The fraction of sp³-hybridized carbons (Fsp3) is 0.429. The topological polar surface area (TPSA) is 23.3 Å². The third-order valence-corrected chi connectivity index (χ3v) is 5.32. The lowest BCUT2D eigenvalue weighted by molar-refractivity contribution is -0.538. The highest BCUT2D eigenvalue weighted by Crippen LogP contribution is 2.18. The van der Waals surface area contributed by atoms with Gasteiger partial charge in [0.1, 0.15) is 6.54 Å². The smallest absolute Gasteiger partial charge is 0.247 e. The first-order chi connectivity index (χ1) is 11.8. The molecule has 24 heavy (non-hydrogen) atoms. The zero-order valence-corrected chi connectivity index (χ0v) is 14.2. The molecule has 0 amide bonds. The maximum absolute atomic E-state index is 12.8. The molecule has 0 atom stereocenters. The van der Waals surface area contributed by atoms with Gasteiger partial charge in [0, 0.05) is 18.4 Å². The minimum Gasteiger partial charge on any atom is -0.290 e. The van der Waals surface area contributed by atoms with Crippen molar-refractivity contribution in [3.8, 4) is 0 Å². The Kier molecular flexibility index (Phi) is 4.33. The molecule has 2 aliphatic rings. The monoisotopic (exact) mass is 321 g/mol. The molecule has 3 heteroatoms. The predicted molar refractivity (Wildman–Crippen MR) is 97.9 cm³/mol. The molecule has 0 spiro atoms. The van der Waals surface area contributed by atoms with Gasteiger partial charge in [-0.15, -0.1) is 0 Å². The number of carbonyl (C=O) groups is 1. The lowest BCUT2D eigenvalue weighted by Gasteiger charge is -2.25. The Hall–Kier alpha value is -2.16. The summed E-state index contributed by atoms with van der Waals surface area (Å²) in [5, 5.41) is 2.34. The summed E-state index contributed by atoms with van der Waals surface area (Å²) in [5.41, 5.74) is 0.833. The number of hydrogen-bond donors (Lipinski definition) is 0. The number of carbonyl (C=O) groups excluding carboxylic acids is 1. The fourth-order valence-electron chi connectivity index (χ4n) is 4.03. The van der Waals surface area contributed by atoms with Crippen LogP contribution in [0.4, 0.5) is 0 Å². The van der Waals surface area contributed by atoms with Gasteiger partial charge in [-0.2, -0.15) is 0 Å². The van der Waals surface area contributed by atoms with Gasteiger partial charge in [0.05, 0.1) is 19.6 Å². The quantitative estimate of drug-likeness (QED) is 0.635. The number of amidine groups is 1. The molecule has 2 aromatic rings. The van der Waals surface area contributed by atoms with Crippen LogP contribution in [0.15, 0.2) is 42.5 Å². The van der Waals surface area contributed by atoms with Crippen LogP contribution in [0.5, 0.6) is 0 Å². The summed E-state index contributed by atoms with van der Waals surface area (Å²) in [6, 6.07) is 14.3. The summed E-state index contributed by atoms with van der Waals surface area (Å²) >= 11 is 0. The second-order valence-electron chi connectivity index (χ2n) is 6.97. The molecule has 0 saturated heterocycles. The molecule has 4 rings (SSSR count). The Balaban J connectivity index is 1.56. The summed E-state index contributed by atoms with van der Waals surface area (Å²) in [5.74, 6) is 1.65.